The van der Waals surface area contributed by atoms with E-state index in [9.17, 15) is 13.2 Å². The number of esters is 1. The first kappa shape index (κ1) is 19.7. The van der Waals surface area contributed by atoms with Crippen LogP contribution in [0, 0.1) is 20.8 Å². The number of sulfonamides is 1. The Bertz CT molecular complexity index is 1170. The maximum Gasteiger partial charge on any atom is 0.340 e. The molecule has 0 fully saturated rings. The van der Waals surface area contributed by atoms with E-state index in [2.05, 4.69) is 19.8 Å². The number of fused-ring (bicyclic) bond motifs is 1. The number of nitrogens with zero attached hydrogens (tertiary/aromatic N) is 4. The first-order valence-electron chi connectivity index (χ1n) is 8.63. The summed E-state index contributed by atoms with van der Waals surface area (Å²) in [7, 11) is -4.15. The van der Waals surface area contributed by atoms with Gasteiger partial charge in [0.15, 0.2) is 0 Å². The van der Waals surface area contributed by atoms with Crippen LogP contribution in [0.3, 0.4) is 0 Å². The maximum absolute atomic E-state index is 12.9. The molecule has 2 aromatic heterocycles. The van der Waals surface area contributed by atoms with Gasteiger partial charge < -0.3 is 4.74 Å². The number of nitrogens with one attached hydrogen (secondary N) is 1. The van der Waals surface area contributed by atoms with Crippen molar-refractivity contribution in [1.82, 2.24) is 19.6 Å². The molecule has 3 aromatic rings. The van der Waals surface area contributed by atoms with Gasteiger partial charge >= 0.3 is 5.97 Å². The minimum atomic E-state index is -4.15. The average Bonchev–Trinajstić information content (AvgIpc) is 3.01. The van der Waals surface area contributed by atoms with Gasteiger partial charge in [-0.15, -0.1) is 5.10 Å². The molecule has 0 unspecified atom stereocenters. The lowest BCUT2D eigenvalue weighted by molar-refractivity contribution is 0.0379. The quantitative estimate of drug-likeness (QED) is 0.650. The lowest BCUT2D eigenvalue weighted by Crippen LogP contribution is -2.20. The van der Waals surface area contributed by atoms with Gasteiger partial charge in [0.2, 0.25) is 0 Å². The van der Waals surface area contributed by atoms with Gasteiger partial charge in [-0.3, -0.25) is 4.72 Å². The third kappa shape index (κ3) is 3.81. The molecule has 28 heavy (non-hydrogen) atoms. The highest BCUT2D eigenvalue weighted by Gasteiger charge is 2.26. The van der Waals surface area contributed by atoms with E-state index in [1.54, 1.807) is 52.8 Å². The number of para-hydroxylation sites is 1. The molecule has 0 atom stereocenters. The van der Waals surface area contributed by atoms with Crippen LogP contribution < -0.4 is 4.72 Å². The number of carbonyl (C=O) groups is 1. The zero-order valence-electron chi connectivity index (χ0n) is 16.2. The van der Waals surface area contributed by atoms with Crippen molar-refractivity contribution in [2.24, 2.45) is 0 Å². The smallest absolute Gasteiger partial charge is 0.340 e. The molecule has 0 aliphatic heterocycles. The zero-order valence-corrected chi connectivity index (χ0v) is 17.0. The van der Waals surface area contributed by atoms with Gasteiger partial charge in [0.1, 0.15) is 0 Å². The Morgan fingerprint density at radius 2 is 1.89 bits per heavy atom. The summed E-state index contributed by atoms with van der Waals surface area (Å²) in [6.45, 7) is 8.69. The van der Waals surface area contributed by atoms with E-state index in [1.165, 1.54) is 10.6 Å². The van der Waals surface area contributed by atoms with Crippen LogP contribution in [0.1, 0.15) is 41.2 Å². The molecule has 10 heteroatoms. The fraction of sp³-hybridized carbons (Fsp3) is 0.333. The molecule has 0 aliphatic carbocycles. The predicted molar refractivity (Wildman–Crippen MR) is 103 cm³/mol. The summed E-state index contributed by atoms with van der Waals surface area (Å²) in [5.41, 5.74) is 2.22. The van der Waals surface area contributed by atoms with E-state index >= 15 is 0 Å². The van der Waals surface area contributed by atoms with Crippen LogP contribution in [-0.2, 0) is 14.8 Å². The molecule has 1 N–H and O–H groups in total. The van der Waals surface area contributed by atoms with Gasteiger partial charge in [-0.1, -0.05) is 12.1 Å². The van der Waals surface area contributed by atoms with Crippen molar-refractivity contribution < 1.29 is 17.9 Å². The number of aromatic nitrogens is 4. The maximum atomic E-state index is 12.9. The molecular formula is C18H21N5O4S. The molecule has 148 valence electrons. The van der Waals surface area contributed by atoms with Gasteiger partial charge in [0.25, 0.3) is 21.0 Å². The molecule has 0 saturated heterocycles. The lowest BCUT2D eigenvalue weighted by Gasteiger charge is -2.14. The molecule has 0 radical (unpaired) electrons. The topological polar surface area (TPSA) is 116 Å². The minimum absolute atomic E-state index is 0.117. The number of carbonyl (C=O) groups excluding carboxylic acids is 1. The summed E-state index contributed by atoms with van der Waals surface area (Å²) in [4.78, 5) is 20.6. The highest BCUT2D eigenvalue weighted by Crippen LogP contribution is 2.25. The van der Waals surface area contributed by atoms with Crippen LogP contribution >= 0.6 is 0 Å². The molecule has 0 saturated carbocycles. The summed E-state index contributed by atoms with van der Waals surface area (Å²) in [6, 6.07) is 6.62. The van der Waals surface area contributed by atoms with Crippen LogP contribution in [0.5, 0.6) is 0 Å². The number of hydrogen-bond donors (Lipinski definition) is 1. The van der Waals surface area contributed by atoms with Crippen molar-refractivity contribution in [3.05, 3.63) is 46.8 Å². The predicted octanol–water partition coefficient (Wildman–Crippen LogP) is 2.42. The largest absolute Gasteiger partial charge is 0.459 e. The third-order valence-corrected chi connectivity index (χ3v) is 5.04. The fourth-order valence-corrected chi connectivity index (χ4v) is 3.71. The van der Waals surface area contributed by atoms with Crippen molar-refractivity contribution in [2.45, 2.75) is 45.9 Å². The van der Waals surface area contributed by atoms with Crippen LogP contribution in [-0.4, -0.2) is 40.1 Å². The first-order valence-corrected chi connectivity index (χ1v) is 10.1. The highest BCUT2D eigenvalue weighted by atomic mass is 32.2. The van der Waals surface area contributed by atoms with Crippen LogP contribution in [0.25, 0.3) is 5.78 Å². The number of rotatable bonds is 5. The van der Waals surface area contributed by atoms with E-state index in [-0.39, 0.29) is 23.1 Å². The fourth-order valence-electron chi connectivity index (χ4n) is 2.69. The van der Waals surface area contributed by atoms with E-state index in [1.807, 2.05) is 0 Å². The summed E-state index contributed by atoms with van der Waals surface area (Å²) in [5, 5.41) is 3.62. The molecule has 3 rings (SSSR count). The van der Waals surface area contributed by atoms with Crippen molar-refractivity contribution >= 4 is 27.5 Å². The second-order valence-electron chi connectivity index (χ2n) is 6.70. The Morgan fingerprint density at radius 1 is 1.18 bits per heavy atom. The average molecular weight is 403 g/mol. The Labute approximate surface area is 162 Å². The highest BCUT2D eigenvalue weighted by molar-refractivity contribution is 7.92. The first-order chi connectivity index (χ1) is 13.1. The van der Waals surface area contributed by atoms with Gasteiger partial charge in [0, 0.05) is 11.4 Å². The van der Waals surface area contributed by atoms with E-state index in [4.69, 9.17) is 4.74 Å². The third-order valence-electron chi connectivity index (χ3n) is 3.91. The molecule has 0 aliphatic rings. The van der Waals surface area contributed by atoms with Crippen LogP contribution in [0.15, 0.2) is 29.4 Å². The minimum Gasteiger partial charge on any atom is -0.459 e. The molecular weight excluding hydrogens is 382 g/mol. The Hall–Kier alpha value is -3.01. The monoisotopic (exact) mass is 403 g/mol. The number of hydrogen-bond acceptors (Lipinski definition) is 7. The Balaban J connectivity index is 2.04. The van der Waals surface area contributed by atoms with Gasteiger partial charge in [-0.05, 0) is 52.3 Å². The zero-order chi connectivity index (χ0) is 20.6. The standard InChI is InChI=1S/C18H21N5O4S/c1-10(2)27-16(24)14-8-6-7-11(3)15(14)22-28(25,26)18-20-17-19-12(4)9-13(5)23(17)21-18/h6-10,22H,1-5H3. The molecule has 1 aromatic carbocycles. The summed E-state index contributed by atoms with van der Waals surface area (Å²) >= 11 is 0. The van der Waals surface area contributed by atoms with E-state index in [0.29, 0.717) is 17.0 Å². The van der Waals surface area contributed by atoms with E-state index in [0.717, 1.165) is 0 Å². The molecule has 0 bridgehead atoms. The van der Waals surface area contributed by atoms with Crippen LogP contribution in [0.4, 0.5) is 5.69 Å². The molecule has 9 nitrogen and oxygen atoms in total. The summed E-state index contributed by atoms with van der Waals surface area (Å²) in [5.74, 6) is -0.436. The molecule has 0 amide bonds. The van der Waals surface area contributed by atoms with Crippen molar-refractivity contribution in [3.8, 4) is 0 Å². The molecule has 0 spiro atoms. The second-order valence-corrected chi connectivity index (χ2v) is 8.28. The van der Waals surface area contributed by atoms with Crippen molar-refractivity contribution in [1.29, 1.82) is 0 Å². The van der Waals surface area contributed by atoms with Gasteiger partial charge in [-0.25, -0.2) is 14.3 Å². The SMILES string of the molecule is Cc1cc(C)n2nc(S(=O)(=O)Nc3c(C)cccc3C(=O)OC(C)C)nc2n1. The number of anilines is 1. The van der Waals surface area contributed by atoms with Crippen molar-refractivity contribution in [2.75, 3.05) is 4.72 Å². The normalized spacial score (nSPS) is 11.8. The van der Waals surface area contributed by atoms with Gasteiger partial charge in [-0.2, -0.15) is 13.4 Å². The summed E-state index contributed by atoms with van der Waals surface area (Å²) < 4.78 is 34.8. The number of ether oxygens (including phenoxy) is 1. The lowest BCUT2D eigenvalue weighted by atomic mass is 10.1. The van der Waals surface area contributed by atoms with Crippen LogP contribution in [0.2, 0.25) is 0 Å². The van der Waals surface area contributed by atoms with Gasteiger partial charge in [0.05, 0.1) is 17.4 Å². The number of aryl methyl sites for hydroxylation is 3. The Morgan fingerprint density at radius 3 is 2.57 bits per heavy atom. The summed E-state index contributed by atoms with van der Waals surface area (Å²) in [6.07, 6.45) is -0.338. The second kappa shape index (κ2) is 7.19. The molecule has 2 heterocycles. The Kier molecular flexibility index (Phi) is 5.07. The number of benzene rings is 1. The van der Waals surface area contributed by atoms with E-state index < -0.39 is 21.1 Å². The van der Waals surface area contributed by atoms with Crippen molar-refractivity contribution in [3.63, 3.8) is 0 Å².